The lowest BCUT2D eigenvalue weighted by Gasteiger charge is -2.16. The number of ether oxygens (including phenoxy) is 1. The number of nitrogens with zero attached hydrogens (tertiary/aromatic N) is 5. The number of nitrogens with one attached hydrogen (secondary N) is 1. The first-order valence-electron chi connectivity index (χ1n) is 8.11. The van der Waals surface area contributed by atoms with Crippen LogP contribution >= 0.6 is 0 Å². The van der Waals surface area contributed by atoms with E-state index in [1.807, 2.05) is 41.6 Å². The molecule has 4 heterocycles. The molecule has 0 aliphatic rings. The molecule has 4 rings (SSSR count). The van der Waals surface area contributed by atoms with Gasteiger partial charge in [-0.3, -0.25) is 9.67 Å². The summed E-state index contributed by atoms with van der Waals surface area (Å²) in [7, 11) is 1.64. The predicted octanol–water partition coefficient (Wildman–Crippen LogP) is 3.22. The van der Waals surface area contributed by atoms with Crippen molar-refractivity contribution in [2.24, 2.45) is 0 Å². The SMILES string of the molecule is CCC(c1cncc(OC)c1)n1cc(-c2ncnc3[nH]ccc23)cn1. The number of aromatic amines is 1. The number of pyridine rings is 1. The zero-order valence-corrected chi connectivity index (χ0v) is 14.0. The largest absolute Gasteiger partial charge is 0.495 e. The van der Waals surface area contributed by atoms with Gasteiger partial charge in [-0.2, -0.15) is 5.10 Å². The van der Waals surface area contributed by atoms with Gasteiger partial charge in [-0.25, -0.2) is 9.97 Å². The smallest absolute Gasteiger partial charge is 0.141 e. The number of fused-ring (bicyclic) bond motifs is 1. The molecule has 0 saturated heterocycles. The highest BCUT2D eigenvalue weighted by atomic mass is 16.5. The first-order chi connectivity index (χ1) is 12.3. The van der Waals surface area contributed by atoms with Crippen LogP contribution in [0.2, 0.25) is 0 Å². The van der Waals surface area contributed by atoms with Crippen LogP contribution in [0.4, 0.5) is 0 Å². The summed E-state index contributed by atoms with van der Waals surface area (Å²) in [5.74, 6) is 0.744. The Hall–Kier alpha value is -3.22. The Morgan fingerprint density at radius 3 is 3.00 bits per heavy atom. The standard InChI is InChI=1S/C18H18N6O/c1-3-16(12-6-14(25-2)9-19-7-12)24-10-13(8-23-24)17-15-4-5-20-18(15)22-11-21-17/h4-11,16H,3H2,1-2H3,(H,20,21,22). The van der Waals surface area contributed by atoms with Crippen molar-refractivity contribution in [3.8, 4) is 17.0 Å². The Bertz CT molecular complexity index is 1010. The number of hydrogen-bond acceptors (Lipinski definition) is 5. The molecule has 7 heteroatoms. The third-order valence-electron chi connectivity index (χ3n) is 4.29. The minimum atomic E-state index is 0.0832. The van der Waals surface area contributed by atoms with E-state index in [9.17, 15) is 0 Å². The van der Waals surface area contributed by atoms with Gasteiger partial charge in [-0.05, 0) is 24.1 Å². The van der Waals surface area contributed by atoms with Crippen molar-refractivity contribution in [1.29, 1.82) is 0 Å². The molecule has 0 aliphatic carbocycles. The fraction of sp³-hybridized carbons (Fsp3) is 0.222. The Morgan fingerprint density at radius 1 is 1.24 bits per heavy atom. The van der Waals surface area contributed by atoms with E-state index in [0.717, 1.165) is 40.0 Å². The quantitative estimate of drug-likeness (QED) is 0.606. The summed E-state index contributed by atoms with van der Waals surface area (Å²) in [6, 6.07) is 4.06. The van der Waals surface area contributed by atoms with E-state index >= 15 is 0 Å². The third kappa shape index (κ3) is 2.73. The average Bonchev–Trinajstić information content (AvgIpc) is 3.32. The molecule has 1 unspecified atom stereocenters. The summed E-state index contributed by atoms with van der Waals surface area (Å²) in [4.78, 5) is 16.0. The lowest BCUT2D eigenvalue weighted by atomic mass is 10.1. The van der Waals surface area contributed by atoms with Crippen molar-refractivity contribution in [3.63, 3.8) is 0 Å². The van der Waals surface area contributed by atoms with Gasteiger partial charge in [-0.15, -0.1) is 0 Å². The summed E-state index contributed by atoms with van der Waals surface area (Å²) in [6.45, 7) is 2.13. The maximum Gasteiger partial charge on any atom is 0.141 e. The fourth-order valence-corrected chi connectivity index (χ4v) is 3.04. The normalized spacial score (nSPS) is 12.4. The van der Waals surface area contributed by atoms with E-state index in [2.05, 4.69) is 32.0 Å². The van der Waals surface area contributed by atoms with E-state index in [1.54, 1.807) is 19.6 Å². The van der Waals surface area contributed by atoms with Gasteiger partial charge in [0, 0.05) is 29.5 Å². The highest BCUT2D eigenvalue weighted by Crippen LogP contribution is 2.28. The molecule has 1 N–H and O–H groups in total. The van der Waals surface area contributed by atoms with Crippen molar-refractivity contribution in [1.82, 2.24) is 29.7 Å². The van der Waals surface area contributed by atoms with Crippen LogP contribution in [-0.2, 0) is 0 Å². The Labute approximate surface area is 144 Å². The molecule has 0 saturated carbocycles. The second kappa shape index (κ2) is 6.35. The molecule has 0 aromatic carbocycles. The highest BCUT2D eigenvalue weighted by molar-refractivity contribution is 5.89. The number of hydrogen-bond donors (Lipinski definition) is 1. The molecule has 1 atom stereocenters. The molecule has 7 nitrogen and oxygen atoms in total. The van der Waals surface area contributed by atoms with Crippen LogP contribution in [0.15, 0.2) is 49.4 Å². The van der Waals surface area contributed by atoms with E-state index in [0.29, 0.717) is 0 Å². The van der Waals surface area contributed by atoms with Crippen LogP contribution in [0.1, 0.15) is 24.9 Å². The first-order valence-corrected chi connectivity index (χ1v) is 8.11. The van der Waals surface area contributed by atoms with Gasteiger partial charge < -0.3 is 9.72 Å². The fourth-order valence-electron chi connectivity index (χ4n) is 3.04. The summed E-state index contributed by atoms with van der Waals surface area (Å²) in [5, 5.41) is 5.55. The van der Waals surface area contributed by atoms with Crippen molar-refractivity contribution < 1.29 is 4.74 Å². The van der Waals surface area contributed by atoms with Crippen molar-refractivity contribution in [3.05, 3.63) is 55.0 Å². The molecular weight excluding hydrogens is 316 g/mol. The topological polar surface area (TPSA) is 81.5 Å². The molecule has 0 fully saturated rings. The van der Waals surface area contributed by atoms with Gasteiger partial charge in [0.15, 0.2) is 0 Å². The highest BCUT2D eigenvalue weighted by Gasteiger charge is 2.16. The maximum absolute atomic E-state index is 5.29. The van der Waals surface area contributed by atoms with Crippen molar-refractivity contribution in [2.75, 3.05) is 7.11 Å². The number of aromatic nitrogens is 6. The molecule has 0 aliphatic heterocycles. The molecule has 25 heavy (non-hydrogen) atoms. The molecular formula is C18H18N6O. The maximum atomic E-state index is 5.29. The number of rotatable bonds is 5. The second-order valence-electron chi connectivity index (χ2n) is 5.75. The van der Waals surface area contributed by atoms with Crippen LogP contribution in [0.25, 0.3) is 22.3 Å². The molecule has 4 aromatic rings. The summed E-state index contributed by atoms with van der Waals surface area (Å²) < 4.78 is 7.24. The van der Waals surface area contributed by atoms with Crippen LogP contribution in [-0.4, -0.2) is 36.8 Å². The zero-order valence-electron chi connectivity index (χ0n) is 14.0. The van der Waals surface area contributed by atoms with Gasteiger partial charge in [0.25, 0.3) is 0 Å². The van der Waals surface area contributed by atoms with Gasteiger partial charge in [0.05, 0.1) is 31.2 Å². The van der Waals surface area contributed by atoms with Gasteiger partial charge in [0.1, 0.15) is 17.7 Å². The van der Waals surface area contributed by atoms with Crippen LogP contribution in [0.5, 0.6) is 5.75 Å². The van der Waals surface area contributed by atoms with Crippen LogP contribution < -0.4 is 4.74 Å². The lowest BCUT2D eigenvalue weighted by Crippen LogP contribution is -2.10. The minimum Gasteiger partial charge on any atom is -0.495 e. The number of H-pyrrole nitrogens is 1. The third-order valence-corrected chi connectivity index (χ3v) is 4.29. The first kappa shape index (κ1) is 15.3. The molecule has 4 aromatic heterocycles. The molecule has 126 valence electrons. The molecule has 0 radical (unpaired) electrons. The second-order valence-corrected chi connectivity index (χ2v) is 5.75. The van der Waals surface area contributed by atoms with Crippen molar-refractivity contribution in [2.45, 2.75) is 19.4 Å². The van der Waals surface area contributed by atoms with Crippen LogP contribution in [0, 0.1) is 0 Å². The monoisotopic (exact) mass is 334 g/mol. The summed E-state index contributed by atoms with van der Waals surface area (Å²) >= 11 is 0. The van der Waals surface area contributed by atoms with Crippen LogP contribution in [0.3, 0.4) is 0 Å². The van der Waals surface area contributed by atoms with Gasteiger partial charge >= 0.3 is 0 Å². The predicted molar refractivity (Wildman–Crippen MR) is 94.3 cm³/mol. The van der Waals surface area contributed by atoms with Crippen molar-refractivity contribution >= 4 is 11.0 Å². The lowest BCUT2D eigenvalue weighted by molar-refractivity contribution is 0.410. The number of methoxy groups -OCH3 is 1. The molecule has 0 amide bonds. The minimum absolute atomic E-state index is 0.0832. The zero-order chi connectivity index (χ0) is 17.2. The Balaban J connectivity index is 1.73. The Morgan fingerprint density at radius 2 is 2.16 bits per heavy atom. The van der Waals surface area contributed by atoms with E-state index in [4.69, 9.17) is 4.74 Å². The summed E-state index contributed by atoms with van der Waals surface area (Å²) in [6.07, 6.45) is 11.7. The van der Waals surface area contributed by atoms with E-state index in [-0.39, 0.29) is 6.04 Å². The van der Waals surface area contributed by atoms with E-state index in [1.165, 1.54) is 0 Å². The summed E-state index contributed by atoms with van der Waals surface area (Å²) in [5.41, 5.74) is 3.71. The molecule has 0 bridgehead atoms. The van der Waals surface area contributed by atoms with Gasteiger partial charge in [-0.1, -0.05) is 6.92 Å². The molecule has 0 spiro atoms. The van der Waals surface area contributed by atoms with E-state index < -0.39 is 0 Å². The average molecular weight is 334 g/mol. The Kier molecular flexibility index (Phi) is 3.89. The van der Waals surface area contributed by atoms with Gasteiger partial charge in [0.2, 0.25) is 0 Å².